The van der Waals surface area contributed by atoms with Crippen molar-refractivity contribution >= 4 is 23.8 Å². The molecule has 0 unspecified atom stereocenters. The van der Waals surface area contributed by atoms with E-state index >= 15 is 0 Å². The third kappa shape index (κ3) is 4.04. The average Bonchev–Trinajstić information content (AvgIpc) is 2.81. The first-order valence-corrected chi connectivity index (χ1v) is 6.21. The molecule has 1 aromatic carbocycles. The normalized spacial score (nSPS) is 10.8. The molecule has 0 saturated heterocycles. The molecular weight excluding hydrogens is 272 g/mol. The van der Waals surface area contributed by atoms with Crippen LogP contribution < -0.4 is 5.32 Å². The van der Waals surface area contributed by atoms with E-state index in [2.05, 4.69) is 10.5 Å². The lowest BCUT2D eigenvalue weighted by atomic mass is 10.1. The Morgan fingerprint density at radius 2 is 2.00 bits per heavy atom. The summed E-state index contributed by atoms with van der Waals surface area (Å²) in [4.78, 5) is 22.7. The zero-order chi connectivity index (χ0) is 15.4. The van der Waals surface area contributed by atoms with Gasteiger partial charge >= 0.3 is 5.97 Å². The van der Waals surface area contributed by atoms with Gasteiger partial charge < -0.3 is 14.9 Å². The highest BCUT2D eigenvalue weighted by Crippen LogP contribution is 2.14. The standard InChI is InChI=1S/C15H14N2O4/c1-9-5-11(3-4-14(18)19)8-12(6-9)15(20)16-13-7-10(2)21-17-13/h3-8H,1-2H3,(H,18,19)(H,16,17,20)/b4-3+. The molecule has 0 saturated carbocycles. The molecule has 0 aliphatic heterocycles. The molecule has 2 N–H and O–H groups in total. The molecule has 2 rings (SSSR count). The third-order valence-electron chi connectivity index (χ3n) is 2.65. The zero-order valence-corrected chi connectivity index (χ0v) is 11.6. The molecule has 0 radical (unpaired) electrons. The number of carboxylic acids is 1. The monoisotopic (exact) mass is 286 g/mol. The lowest BCUT2D eigenvalue weighted by Gasteiger charge is -2.04. The highest BCUT2D eigenvalue weighted by Gasteiger charge is 2.10. The first-order chi connectivity index (χ1) is 9.94. The molecule has 108 valence electrons. The molecule has 1 aromatic heterocycles. The van der Waals surface area contributed by atoms with Gasteiger partial charge in [-0.15, -0.1) is 0 Å². The first kappa shape index (κ1) is 14.5. The van der Waals surface area contributed by atoms with Crippen molar-refractivity contribution < 1.29 is 19.2 Å². The summed E-state index contributed by atoms with van der Waals surface area (Å²) in [5.74, 6) is -0.446. The molecule has 1 amide bonds. The summed E-state index contributed by atoms with van der Waals surface area (Å²) < 4.78 is 4.87. The van der Waals surface area contributed by atoms with Crippen molar-refractivity contribution in [2.75, 3.05) is 5.32 Å². The van der Waals surface area contributed by atoms with Gasteiger partial charge in [0.15, 0.2) is 5.82 Å². The van der Waals surface area contributed by atoms with Crippen LogP contribution in [0.4, 0.5) is 5.82 Å². The molecule has 6 heteroatoms. The Labute approximate surface area is 121 Å². The smallest absolute Gasteiger partial charge is 0.328 e. The van der Waals surface area contributed by atoms with Gasteiger partial charge in [0, 0.05) is 17.7 Å². The number of aryl methyl sites for hydroxylation is 2. The SMILES string of the molecule is Cc1cc(/C=C/C(=O)O)cc(C(=O)Nc2cc(C)on2)c1. The summed E-state index contributed by atoms with van der Waals surface area (Å²) in [5.41, 5.74) is 1.91. The number of carbonyl (C=O) groups is 2. The van der Waals surface area contributed by atoms with E-state index in [4.69, 9.17) is 9.63 Å². The number of carboxylic acid groups (broad SMARTS) is 1. The predicted octanol–water partition coefficient (Wildman–Crippen LogP) is 2.64. The van der Waals surface area contributed by atoms with E-state index in [1.807, 2.05) is 6.92 Å². The number of hydrogen-bond acceptors (Lipinski definition) is 4. The second-order valence-corrected chi connectivity index (χ2v) is 4.58. The number of carbonyl (C=O) groups excluding carboxylic acids is 1. The van der Waals surface area contributed by atoms with Gasteiger partial charge in [-0.3, -0.25) is 4.79 Å². The molecule has 1 heterocycles. The largest absolute Gasteiger partial charge is 0.478 e. The van der Waals surface area contributed by atoms with Gasteiger partial charge in [0.2, 0.25) is 0 Å². The van der Waals surface area contributed by atoms with Crippen LogP contribution in [0.2, 0.25) is 0 Å². The second-order valence-electron chi connectivity index (χ2n) is 4.58. The number of benzene rings is 1. The second kappa shape index (κ2) is 6.04. The highest BCUT2D eigenvalue weighted by molar-refractivity contribution is 6.04. The van der Waals surface area contributed by atoms with Crippen molar-refractivity contribution in [1.29, 1.82) is 0 Å². The maximum atomic E-state index is 12.1. The molecule has 0 atom stereocenters. The predicted molar refractivity (Wildman–Crippen MR) is 77.0 cm³/mol. The number of aliphatic carboxylic acids is 1. The lowest BCUT2D eigenvalue weighted by Crippen LogP contribution is -2.12. The summed E-state index contributed by atoms with van der Waals surface area (Å²) in [6.45, 7) is 3.55. The topological polar surface area (TPSA) is 92.4 Å². The van der Waals surface area contributed by atoms with Crippen LogP contribution in [0.15, 0.2) is 34.9 Å². The van der Waals surface area contributed by atoms with E-state index in [9.17, 15) is 9.59 Å². The number of nitrogens with one attached hydrogen (secondary N) is 1. The summed E-state index contributed by atoms with van der Waals surface area (Å²) in [5, 5.41) is 14.9. The fourth-order valence-electron chi connectivity index (χ4n) is 1.82. The maximum Gasteiger partial charge on any atom is 0.328 e. The van der Waals surface area contributed by atoms with Crippen LogP contribution in [0.25, 0.3) is 6.08 Å². The minimum absolute atomic E-state index is 0.335. The molecule has 0 bridgehead atoms. The Morgan fingerprint density at radius 1 is 1.24 bits per heavy atom. The third-order valence-corrected chi connectivity index (χ3v) is 2.65. The van der Waals surface area contributed by atoms with Crippen LogP contribution in [0.1, 0.15) is 27.2 Å². The molecule has 0 fully saturated rings. The Kier molecular flexibility index (Phi) is 4.18. The van der Waals surface area contributed by atoms with Crippen LogP contribution >= 0.6 is 0 Å². The van der Waals surface area contributed by atoms with E-state index in [0.29, 0.717) is 22.7 Å². The minimum atomic E-state index is -1.04. The fourth-order valence-corrected chi connectivity index (χ4v) is 1.82. The Balaban J connectivity index is 2.22. The van der Waals surface area contributed by atoms with Crippen LogP contribution in [-0.2, 0) is 4.79 Å². The lowest BCUT2D eigenvalue weighted by molar-refractivity contribution is -0.131. The van der Waals surface area contributed by atoms with E-state index in [1.165, 1.54) is 6.08 Å². The quantitative estimate of drug-likeness (QED) is 0.843. The van der Waals surface area contributed by atoms with E-state index in [-0.39, 0.29) is 5.91 Å². The summed E-state index contributed by atoms with van der Waals surface area (Å²) in [6.07, 6.45) is 2.46. The van der Waals surface area contributed by atoms with Crippen LogP contribution in [-0.4, -0.2) is 22.1 Å². The molecular formula is C15H14N2O4. The Bertz CT molecular complexity index is 716. The number of anilines is 1. The summed E-state index contributed by atoms with van der Waals surface area (Å²) >= 11 is 0. The molecule has 0 aliphatic carbocycles. The van der Waals surface area contributed by atoms with Gasteiger partial charge in [-0.05, 0) is 43.2 Å². The van der Waals surface area contributed by atoms with E-state index in [1.54, 1.807) is 31.2 Å². The Morgan fingerprint density at radius 3 is 2.62 bits per heavy atom. The number of amides is 1. The number of rotatable bonds is 4. The number of aromatic nitrogens is 1. The minimum Gasteiger partial charge on any atom is -0.478 e. The van der Waals surface area contributed by atoms with Crippen molar-refractivity contribution in [3.63, 3.8) is 0 Å². The van der Waals surface area contributed by atoms with Crippen molar-refractivity contribution in [1.82, 2.24) is 5.16 Å². The summed E-state index contributed by atoms with van der Waals surface area (Å²) in [7, 11) is 0. The first-order valence-electron chi connectivity index (χ1n) is 6.21. The Hall–Kier alpha value is -2.89. The van der Waals surface area contributed by atoms with Crippen molar-refractivity contribution in [2.45, 2.75) is 13.8 Å². The van der Waals surface area contributed by atoms with Gasteiger partial charge in [-0.2, -0.15) is 0 Å². The highest BCUT2D eigenvalue weighted by atomic mass is 16.5. The van der Waals surface area contributed by atoms with Crippen LogP contribution in [0.5, 0.6) is 0 Å². The molecule has 21 heavy (non-hydrogen) atoms. The number of hydrogen-bond donors (Lipinski definition) is 2. The van der Waals surface area contributed by atoms with Crippen LogP contribution in [0, 0.1) is 13.8 Å². The molecule has 0 spiro atoms. The average molecular weight is 286 g/mol. The molecule has 0 aliphatic rings. The fraction of sp³-hybridized carbons (Fsp3) is 0.133. The van der Waals surface area contributed by atoms with Crippen molar-refractivity contribution in [2.24, 2.45) is 0 Å². The van der Waals surface area contributed by atoms with Gasteiger partial charge in [0.05, 0.1) is 0 Å². The molecule has 6 nitrogen and oxygen atoms in total. The van der Waals surface area contributed by atoms with Crippen molar-refractivity contribution in [3.8, 4) is 0 Å². The van der Waals surface area contributed by atoms with Gasteiger partial charge in [0.25, 0.3) is 5.91 Å². The zero-order valence-electron chi connectivity index (χ0n) is 11.6. The molecule has 2 aromatic rings. The van der Waals surface area contributed by atoms with Crippen LogP contribution in [0.3, 0.4) is 0 Å². The summed E-state index contributed by atoms with van der Waals surface area (Å²) in [6, 6.07) is 6.71. The van der Waals surface area contributed by atoms with Gasteiger partial charge in [-0.25, -0.2) is 4.79 Å². The van der Waals surface area contributed by atoms with Gasteiger partial charge in [0.1, 0.15) is 5.76 Å². The van der Waals surface area contributed by atoms with Crippen molar-refractivity contribution in [3.05, 3.63) is 52.8 Å². The van der Waals surface area contributed by atoms with E-state index < -0.39 is 5.97 Å². The number of nitrogens with zero attached hydrogens (tertiary/aromatic N) is 1. The maximum absolute atomic E-state index is 12.1. The van der Waals surface area contributed by atoms with Gasteiger partial charge in [-0.1, -0.05) is 11.2 Å². The van der Waals surface area contributed by atoms with E-state index in [0.717, 1.165) is 11.6 Å².